The van der Waals surface area contributed by atoms with Crippen molar-refractivity contribution in [1.29, 1.82) is 0 Å². The Balaban J connectivity index is 1.72. The molecule has 1 aromatic carbocycles. The van der Waals surface area contributed by atoms with Crippen molar-refractivity contribution in [3.8, 4) is 34.8 Å². The quantitative estimate of drug-likeness (QED) is 0.265. The van der Waals surface area contributed by atoms with Crippen LogP contribution in [0.1, 0.15) is 29.5 Å². The van der Waals surface area contributed by atoms with Gasteiger partial charge >= 0.3 is 0 Å². The minimum Gasteiger partial charge on any atom is -0.493 e. The van der Waals surface area contributed by atoms with E-state index in [1.54, 1.807) is 9.58 Å². The summed E-state index contributed by atoms with van der Waals surface area (Å²) < 4.78 is 52.8. The fourth-order valence-corrected chi connectivity index (χ4v) is 4.73. The largest absolute Gasteiger partial charge is 0.493 e. The molecule has 212 valence electrons. The standard InChI is InChI=1S/C28H26F2N6O5/c1-5-22(37)35-9-8-15(13-35)36-26-18(28-33-11-16(41-28)14-38-2)12-32-27(31)23(26)19(34-36)7-6-17-24(29)20(39-3)10-21(40-4)25(17)30/h5,10-12,15H,1,8-9,13-14H2,2-4H3,(H2,31,32)/t15-/m0/s1. The normalized spacial score (nSPS) is 14.7. The molecule has 5 rings (SSSR count). The van der Waals surface area contributed by atoms with Gasteiger partial charge in [0.15, 0.2) is 28.9 Å². The summed E-state index contributed by atoms with van der Waals surface area (Å²) in [6.45, 7) is 4.59. The first-order valence-electron chi connectivity index (χ1n) is 12.4. The molecule has 1 aliphatic heterocycles. The van der Waals surface area contributed by atoms with Gasteiger partial charge < -0.3 is 29.3 Å². The number of amides is 1. The van der Waals surface area contributed by atoms with Crippen LogP contribution in [-0.4, -0.2) is 65.0 Å². The topological polar surface area (TPSA) is 131 Å². The number of aromatic nitrogens is 4. The third-order valence-corrected chi connectivity index (χ3v) is 6.70. The van der Waals surface area contributed by atoms with E-state index in [1.165, 1.54) is 39.8 Å². The van der Waals surface area contributed by atoms with Gasteiger partial charge in [0.2, 0.25) is 11.8 Å². The number of anilines is 1. The average molecular weight is 565 g/mol. The minimum atomic E-state index is -0.992. The van der Waals surface area contributed by atoms with Crippen molar-refractivity contribution in [3.63, 3.8) is 0 Å². The second-order valence-electron chi connectivity index (χ2n) is 9.10. The Morgan fingerprint density at radius 3 is 2.59 bits per heavy atom. The van der Waals surface area contributed by atoms with Crippen LogP contribution < -0.4 is 15.2 Å². The van der Waals surface area contributed by atoms with Crippen molar-refractivity contribution in [2.75, 3.05) is 40.2 Å². The maximum Gasteiger partial charge on any atom is 0.246 e. The molecule has 1 aliphatic rings. The van der Waals surface area contributed by atoms with Crippen molar-refractivity contribution in [3.05, 3.63) is 59.8 Å². The third kappa shape index (κ3) is 4.93. The number of rotatable bonds is 7. The summed E-state index contributed by atoms with van der Waals surface area (Å²) in [6, 6.07) is 0.815. The fraction of sp³-hybridized carbons (Fsp3) is 0.286. The Hall–Kier alpha value is -4.96. The van der Waals surface area contributed by atoms with Gasteiger partial charge in [-0.05, 0) is 18.4 Å². The van der Waals surface area contributed by atoms with Gasteiger partial charge in [0.1, 0.15) is 23.7 Å². The summed E-state index contributed by atoms with van der Waals surface area (Å²) in [5.74, 6) is 3.44. The van der Waals surface area contributed by atoms with Gasteiger partial charge in [-0.2, -0.15) is 5.10 Å². The van der Waals surface area contributed by atoms with Crippen LogP contribution >= 0.6 is 0 Å². The summed E-state index contributed by atoms with van der Waals surface area (Å²) in [4.78, 5) is 22.6. The molecule has 0 radical (unpaired) electrons. The number of carbonyl (C=O) groups is 1. The number of oxazole rings is 1. The van der Waals surface area contributed by atoms with Crippen molar-refractivity contribution < 1.29 is 32.2 Å². The number of halogens is 2. The van der Waals surface area contributed by atoms with E-state index < -0.39 is 17.2 Å². The van der Waals surface area contributed by atoms with Gasteiger partial charge in [0.05, 0.1) is 42.9 Å². The summed E-state index contributed by atoms with van der Waals surface area (Å²) in [6.07, 6.45) is 4.86. The van der Waals surface area contributed by atoms with Crippen LogP contribution in [0.4, 0.5) is 14.6 Å². The van der Waals surface area contributed by atoms with E-state index in [0.29, 0.717) is 41.7 Å². The van der Waals surface area contributed by atoms with E-state index in [0.717, 1.165) is 6.07 Å². The lowest BCUT2D eigenvalue weighted by atomic mass is 10.1. The number of likely N-dealkylation sites (tertiary alicyclic amines) is 1. The van der Waals surface area contributed by atoms with E-state index >= 15 is 8.78 Å². The second-order valence-corrected chi connectivity index (χ2v) is 9.10. The smallest absolute Gasteiger partial charge is 0.246 e. The SMILES string of the molecule is C=CC(=O)N1CC[C@H](n2nc(C#Cc3c(F)c(OC)cc(OC)c3F)c3c(N)ncc(-c4ncc(COC)o4)c32)C1. The summed E-state index contributed by atoms with van der Waals surface area (Å²) >= 11 is 0. The first kappa shape index (κ1) is 27.6. The van der Waals surface area contributed by atoms with Crippen LogP contribution in [0, 0.1) is 23.5 Å². The molecule has 4 heterocycles. The molecule has 0 aliphatic carbocycles. The van der Waals surface area contributed by atoms with Gasteiger partial charge in [-0.1, -0.05) is 12.5 Å². The molecule has 0 unspecified atom stereocenters. The van der Waals surface area contributed by atoms with Gasteiger partial charge in [0.25, 0.3) is 0 Å². The number of hydrogen-bond acceptors (Lipinski definition) is 9. The molecule has 11 nitrogen and oxygen atoms in total. The molecule has 4 aromatic rings. The maximum atomic E-state index is 15.0. The molecule has 13 heteroatoms. The number of nitrogens with two attached hydrogens (primary N) is 1. The highest BCUT2D eigenvalue weighted by Crippen LogP contribution is 2.37. The number of pyridine rings is 1. The molecular formula is C28H26F2N6O5. The van der Waals surface area contributed by atoms with Crippen LogP contribution in [0.5, 0.6) is 11.5 Å². The lowest BCUT2D eigenvalue weighted by Gasteiger charge is -2.16. The van der Waals surface area contributed by atoms with E-state index in [1.807, 2.05) is 0 Å². The van der Waals surface area contributed by atoms with Gasteiger partial charge in [-0.15, -0.1) is 0 Å². The van der Waals surface area contributed by atoms with E-state index in [9.17, 15) is 4.79 Å². The van der Waals surface area contributed by atoms with Crippen LogP contribution in [0.25, 0.3) is 22.4 Å². The molecule has 1 saturated heterocycles. The zero-order chi connectivity index (χ0) is 29.3. The number of nitrogen functional groups attached to an aromatic ring is 1. The van der Waals surface area contributed by atoms with Crippen LogP contribution in [-0.2, 0) is 16.1 Å². The van der Waals surface area contributed by atoms with Crippen LogP contribution in [0.3, 0.4) is 0 Å². The Morgan fingerprint density at radius 2 is 1.93 bits per heavy atom. The first-order valence-corrected chi connectivity index (χ1v) is 12.4. The van der Waals surface area contributed by atoms with Gasteiger partial charge in [0, 0.05) is 32.5 Å². The highest BCUT2D eigenvalue weighted by atomic mass is 19.1. The lowest BCUT2D eigenvalue weighted by Crippen LogP contribution is -2.27. The molecule has 41 heavy (non-hydrogen) atoms. The molecule has 0 spiro atoms. The number of benzene rings is 1. The predicted molar refractivity (Wildman–Crippen MR) is 144 cm³/mol. The zero-order valence-electron chi connectivity index (χ0n) is 22.5. The highest BCUT2D eigenvalue weighted by Gasteiger charge is 2.31. The molecule has 1 fully saturated rings. The Kier molecular flexibility index (Phi) is 7.58. The summed E-state index contributed by atoms with van der Waals surface area (Å²) in [5.41, 5.74) is 6.83. The number of fused-ring (bicyclic) bond motifs is 1. The Bertz CT molecular complexity index is 1690. The second kappa shape index (κ2) is 11.3. The number of ether oxygens (including phenoxy) is 3. The van der Waals surface area contributed by atoms with E-state index in [2.05, 4.69) is 28.4 Å². The van der Waals surface area contributed by atoms with Crippen LogP contribution in [0.2, 0.25) is 0 Å². The Labute approximate surface area is 233 Å². The first-order chi connectivity index (χ1) is 19.8. The number of nitrogens with zero attached hydrogens (tertiary/aromatic N) is 5. The summed E-state index contributed by atoms with van der Waals surface area (Å²) in [5, 5.41) is 5.04. The average Bonchev–Trinajstić information content (AvgIpc) is 3.73. The monoisotopic (exact) mass is 564 g/mol. The molecule has 0 saturated carbocycles. The number of hydrogen-bond donors (Lipinski definition) is 1. The fourth-order valence-electron chi connectivity index (χ4n) is 4.73. The number of methoxy groups -OCH3 is 3. The molecular weight excluding hydrogens is 538 g/mol. The molecule has 2 N–H and O–H groups in total. The van der Waals surface area contributed by atoms with Crippen molar-refractivity contribution in [2.24, 2.45) is 0 Å². The third-order valence-electron chi connectivity index (χ3n) is 6.70. The molecule has 1 amide bonds. The maximum absolute atomic E-state index is 15.0. The number of carbonyl (C=O) groups excluding carboxylic acids is 1. The molecule has 0 bridgehead atoms. The van der Waals surface area contributed by atoms with Crippen molar-refractivity contribution in [2.45, 2.75) is 19.1 Å². The minimum absolute atomic E-state index is 0.0872. The van der Waals surface area contributed by atoms with Gasteiger partial charge in [-0.3, -0.25) is 9.48 Å². The van der Waals surface area contributed by atoms with Crippen molar-refractivity contribution in [1.82, 2.24) is 24.6 Å². The van der Waals surface area contributed by atoms with Crippen LogP contribution in [0.15, 0.2) is 35.5 Å². The lowest BCUT2D eigenvalue weighted by molar-refractivity contribution is -0.125. The van der Waals surface area contributed by atoms with Gasteiger partial charge in [-0.25, -0.2) is 18.7 Å². The highest BCUT2D eigenvalue weighted by molar-refractivity contribution is 6.01. The molecule has 1 atom stereocenters. The Morgan fingerprint density at radius 1 is 1.20 bits per heavy atom. The predicted octanol–water partition coefficient (Wildman–Crippen LogP) is 3.47. The zero-order valence-corrected chi connectivity index (χ0v) is 22.5. The van der Waals surface area contributed by atoms with Crippen molar-refractivity contribution >= 4 is 22.6 Å². The van der Waals surface area contributed by atoms with E-state index in [4.69, 9.17) is 29.5 Å². The molecule has 3 aromatic heterocycles. The summed E-state index contributed by atoms with van der Waals surface area (Å²) in [7, 11) is 4.03. The van der Waals surface area contributed by atoms with E-state index in [-0.39, 0.29) is 47.5 Å².